The zero-order chi connectivity index (χ0) is 12.3. The normalized spacial score (nSPS) is 10.2. The summed E-state index contributed by atoms with van der Waals surface area (Å²) >= 11 is 7.29. The number of halogens is 1. The van der Waals surface area contributed by atoms with Gasteiger partial charge in [0.05, 0.1) is 4.88 Å². The van der Waals surface area contributed by atoms with Crippen LogP contribution in [0.25, 0.3) is 0 Å². The van der Waals surface area contributed by atoms with Crippen LogP contribution in [0.3, 0.4) is 0 Å². The number of carbonyl (C=O) groups excluding carboxylic acids is 1. The minimum Gasteiger partial charge on any atom is -0.485 e. The van der Waals surface area contributed by atoms with Gasteiger partial charge in [-0.05, 0) is 36.1 Å². The Morgan fingerprint density at radius 1 is 1.41 bits per heavy atom. The van der Waals surface area contributed by atoms with Crippen molar-refractivity contribution in [2.45, 2.75) is 6.92 Å². The lowest BCUT2D eigenvalue weighted by molar-refractivity contribution is 0.0925. The second-order valence-electron chi connectivity index (χ2n) is 3.60. The number of aryl methyl sites for hydroxylation is 1. The van der Waals surface area contributed by atoms with E-state index in [1.54, 1.807) is 18.2 Å². The topological polar surface area (TPSA) is 26.3 Å². The molecule has 0 unspecified atom stereocenters. The van der Waals surface area contributed by atoms with E-state index in [0.29, 0.717) is 15.6 Å². The van der Waals surface area contributed by atoms with Crippen molar-refractivity contribution >= 4 is 28.7 Å². The molecule has 0 fully saturated rings. The maximum Gasteiger partial charge on any atom is 0.210 e. The first kappa shape index (κ1) is 12.1. The summed E-state index contributed by atoms with van der Waals surface area (Å²) in [6.07, 6.45) is 0. The molecule has 4 heteroatoms. The SMILES string of the molecule is Cc1ccc(Cl)cc1OCC(=O)c1cccs1. The first-order valence-electron chi connectivity index (χ1n) is 5.12. The van der Waals surface area contributed by atoms with E-state index in [1.165, 1.54) is 11.3 Å². The molecule has 2 rings (SSSR count). The monoisotopic (exact) mass is 266 g/mol. The molecule has 0 saturated heterocycles. The molecular weight excluding hydrogens is 256 g/mol. The molecule has 0 amide bonds. The summed E-state index contributed by atoms with van der Waals surface area (Å²) in [6.45, 7) is 1.96. The first-order valence-corrected chi connectivity index (χ1v) is 6.38. The fourth-order valence-corrected chi connectivity index (χ4v) is 2.19. The van der Waals surface area contributed by atoms with Gasteiger partial charge in [-0.15, -0.1) is 11.3 Å². The van der Waals surface area contributed by atoms with Crippen LogP contribution < -0.4 is 4.74 Å². The van der Waals surface area contributed by atoms with Crippen LogP contribution in [-0.4, -0.2) is 12.4 Å². The van der Waals surface area contributed by atoms with Crippen LogP contribution in [0.4, 0.5) is 0 Å². The summed E-state index contributed by atoms with van der Waals surface area (Å²) < 4.78 is 5.48. The van der Waals surface area contributed by atoms with Gasteiger partial charge in [-0.25, -0.2) is 0 Å². The van der Waals surface area contributed by atoms with E-state index >= 15 is 0 Å². The number of thiophene rings is 1. The molecule has 1 aromatic heterocycles. The van der Waals surface area contributed by atoms with Crippen LogP contribution in [-0.2, 0) is 0 Å². The second-order valence-corrected chi connectivity index (χ2v) is 4.98. The zero-order valence-electron chi connectivity index (χ0n) is 9.27. The van der Waals surface area contributed by atoms with Crippen LogP contribution in [0.5, 0.6) is 5.75 Å². The van der Waals surface area contributed by atoms with Gasteiger partial charge in [-0.1, -0.05) is 23.7 Å². The molecule has 17 heavy (non-hydrogen) atoms. The van der Waals surface area contributed by atoms with Crippen LogP contribution in [0, 0.1) is 6.92 Å². The Morgan fingerprint density at radius 3 is 2.94 bits per heavy atom. The summed E-state index contributed by atoms with van der Waals surface area (Å²) in [5.41, 5.74) is 0.966. The van der Waals surface area contributed by atoms with Gasteiger partial charge in [0.2, 0.25) is 5.78 Å². The van der Waals surface area contributed by atoms with E-state index in [0.717, 1.165) is 5.56 Å². The summed E-state index contributed by atoms with van der Waals surface area (Å²) in [6, 6.07) is 9.03. The van der Waals surface area contributed by atoms with Crippen LogP contribution in [0.1, 0.15) is 15.2 Å². The third kappa shape index (κ3) is 3.08. The predicted molar refractivity (Wildman–Crippen MR) is 70.3 cm³/mol. The average molecular weight is 267 g/mol. The predicted octanol–water partition coefficient (Wildman–Crippen LogP) is 3.97. The number of hydrogen-bond donors (Lipinski definition) is 0. The Balaban J connectivity index is 2.03. The Labute approximate surface area is 109 Å². The van der Waals surface area contributed by atoms with Gasteiger partial charge >= 0.3 is 0 Å². The fraction of sp³-hybridized carbons (Fsp3) is 0.154. The van der Waals surface area contributed by atoms with E-state index in [2.05, 4.69) is 0 Å². The number of rotatable bonds is 4. The lowest BCUT2D eigenvalue weighted by Crippen LogP contribution is -2.10. The molecule has 0 spiro atoms. The standard InChI is InChI=1S/C13H11ClO2S/c1-9-4-5-10(14)7-12(9)16-8-11(15)13-3-2-6-17-13/h2-7H,8H2,1H3. The van der Waals surface area contributed by atoms with Gasteiger partial charge in [-0.2, -0.15) is 0 Å². The highest BCUT2D eigenvalue weighted by Gasteiger charge is 2.08. The van der Waals surface area contributed by atoms with Crippen molar-refractivity contribution in [2.24, 2.45) is 0 Å². The Morgan fingerprint density at radius 2 is 2.24 bits per heavy atom. The van der Waals surface area contributed by atoms with Crippen molar-refractivity contribution in [2.75, 3.05) is 6.61 Å². The van der Waals surface area contributed by atoms with Crippen molar-refractivity contribution < 1.29 is 9.53 Å². The van der Waals surface area contributed by atoms with Gasteiger partial charge in [0.1, 0.15) is 5.75 Å². The molecule has 0 bridgehead atoms. The number of Topliss-reactive ketones (excluding diaryl/α,β-unsaturated/α-hetero) is 1. The molecule has 2 nitrogen and oxygen atoms in total. The zero-order valence-corrected chi connectivity index (χ0v) is 10.8. The van der Waals surface area contributed by atoms with Gasteiger partial charge in [0.25, 0.3) is 0 Å². The van der Waals surface area contributed by atoms with Gasteiger partial charge in [-0.3, -0.25) is 4.79 Å². The number of hydrogen-bond acceptors (Lipinski definition) is 3. The molecule has 0 radical (unpaired) electrons. The van der Waals surface area contributed by atoms with Crippen molar-refractivity contribution in [3.8, 4) is 5.75 Å². The molecule has 0 aliphatic heterocycles. The minimum atomic E-state index is -0.0145. The summed E-state index contributed by atoms with van der Waals surface area (Å²) in [7, 11) is 0. The molecule has 0 saturated carbocycles. The molecule has 0 aliphatic rings. The highest BCUT2D eigenvalue weighted by atomic mass is 35.5. The quantitative estimate of drug-likeness (QED) is 0.783. The fourth-order valence-electron chi connectivity index (χ4n) is 1.38. The van der Waals surface area contributed by atoms with Crippen molar-refractivity contribution in [3.05, 3.63) is 51.2 Å². The molecule has 1 heterocycles. The number of benzene rings is 1. The largest absolute Gasteiger partial charge is 0.485 e. The molecule has 0 atom stereocenters. The molecule has 2 aromatic rings. The van der Waals surface area contributed by atoms with Crippen LogP contribution in [0.2, 0.25) is 5.02 Å². The third-order valence-corrected chi connectivity index (χ3v) is 3.45. The molecule has 88 valence electrons. The molecular formula is C13H11ClO2S. The Kier molecular flexibility index (Phi) is 3.82. The first-order chi connectivity index (χ1) is 8.16. The smallest absolute Gasteiger partial charge is 0.210 e. The summed E-state index contributed by atoms with van der Waals surface area (Å²) in [5.74, 6) is 0.641. The molecule has 0 aliphatic carbocycles. The Hall–Kier alpha value is -1.32. The highest BCUT2D eigenvalue weighted by molar-refractivity contribution is 7.12. The number of ether oxygens (including phenoxy) is 1. The van der Waals surface area contributed by atoms with Crippen LogP contribution in [0.15, 0.2) is 35.7 Å². The number of carbonyl (C=O) groups is 1. The average Bonchev–Trinajstić information content (AvgIpc) is 2.83. The summed E-state index contributed by atoms with van der Waals surface area (Å²) in [5, 5.41) is 2.48. The van der Waals surface area contributed by atoms with E-state index in [-0.39, 0.29) is 12.4 Å². The summed E-state index contributed by atoms with van der Waals surface area (Å²) in [4.78, 5) is 12.4. The maximum atomic E-state index is 11.7. The number of ketones is 1. The van der Waals surface area contributed by atoms with Crippen molar-refractivity contribution in [1.82, 2.24) is 0 Å². The van der Waals surface area contributed by atoms with E-state index in [1.807, 2.05) is 24.4 Å². The van der Waals surface area contributed by atoms with Crippen LogP contribution >= 0.6 is 22.9 Å². The third-order valence-electron chi connectivity index (χ3n) is 2.30. The maximum absolute atomic E-state index is 11.7. The minimum absolute atomic E-state index is 0.0145. The van der Waals surface area contributed by atoms with Gasteiger partial charge in [0, 0.05) is 5.02 Å². The lowest BCUT2D eigenvalue weighted by Gasteiger charge is -2.08. The lowest BCUT2D eigenvalue weighted by atomic mass is 10.2. The second kappa shape index (κ2) is 5.34. The van der Waals surface area contributed by atoms with Gasteiger partial charge < -0.3 is 4.74 Å². The Bertz CT molecular complexity index is 520. The van der Waals surface area contributed by atoms with Crippen molar-refractivity contribution in [3.63, 3.8) is 0 Å². The van der Waals surface area contributed by atoms with Crippen molar-refractivity contribution in [1.29, 1.82) is 0 Å². The van der Waals surface area contributed by atoms with Gasteiger partial charge in [0.15, 0.2) is 6.61 Å². The van der Waals surface area contributed by atoms with E-state index < -0.39 is 0 Å². The molecule has 1 aromatic carbocycles. The van der Waals surface area contributed by atoms with E-state index in [4.69, 9.17) is 16.3 Å². The van der Waals surface area contributed by atoms with E-state index in [9.17, 15) is 4.79 Å². The molecule has 0 N–H and O–H groups in total. The highest BCUT2D eigenvalue weighted by Crippen LogP contribution is 2.22.